The zero-order valence-corrected chi connectivity index (χ0v) is 12.9. The zero-order chi connectivity index (χ0) is 15.6. The van der Waals surface area contributed by atoms with Crippen molar-refractivity contribution in [2.24, 2.45) is 0 Å². The van der Waals surface area contributed by atoms with Crippen LogP contribution in [0.1, 0.15) is 24.8 Å². The topological polar surface area (TPSA) is 64.8 Å². The number of hydrogen-bond acceptors (Lipinski definition) is 5. The van der Waals surface area contributed by atoms with E-state index in [9.17, 15) is 10.1 Å². The quantitative estimate of drug-likeness (QED) is 0.621. The van der Waals surface area contributed by atoms with Crippen LogP contribution >= 0.6 is 0 Å². The van der Waals surface area contributed by atoms with E-state index in [1.54, 1.807) is 13.0 Å². The van der Waals surface area contributed by atoms with Gasteiger partial charge in [0.1, 0.15) is 5.69 Å². The van der Waals surface area contributed by atoms with Crippen molar-refractivity contribution < 1.29 is 14.4 Å². The van der Waals surface area contributed by atoms with Crippen LogP contribution in [-0.4, -0.2) is 43.4 Å². The lowest BCUT2D eigenvalue weighted by molar-refractivity contribution is -0.384. The molecule has 0 radical (unpaired) electrons. The van der Waals surface area contributed by atoms with Crippen molar-refractivity contribution in [2.75, 3.05) is 37.8 Å². The fraction of sp³-hybridized carbons (Fsp3) is 0.625. The second-order valence-corrected chi connectivity index (χ2v) is 6.08. The van der Waals surface area contributed by atoms with E-state index in [0.29, 0.717) is 24.4 Å². The molecule has 0 atom stereocenters. The number of nitro groups is 1. The van der Waals surface area contributed by atoms with Crippen LogP contribution in [0.5, 0.6) is 0 Å². The standard InChI is InChI=1S/C16H22N2O4/c1-13-3-2-4-14(15(13)18(19)20)17-8-5-16(22-12-9-17)6-10-21-11-7-16/h2-4H,5-12H2,1H3. The molecule has 0 aromatic heterocycles. The smallest absolute Gasteiger partial charge is 0.295 e. The first kappa shape index (κ1) is 15.2. The lowest BCUT2D eigenvalue weighted by atomic mass is 9.90. The number of nitrogens with zero attached hydrogens (tertiary/aromatic N) is 2. The number of rotatable bonds is 2. The highest BCUT2D eigenvalue weighted by molar-refractivity contribution is 5.66. The summed E-state index contributed by atoms with van der Waals surface area (Å²) in [6, 6.07) is 5.51. The first-order valence-electron chi connectivity index (χ1n) is 7.82. The molecule has 6 nitrogen and oxygen atoms in total. The molecule has 0 N–H and O–H groups in total. The minimum Gasteiger partial charge on any atom is -0.381 e. The second-order valence-electron chi connectivity index (χ2n) is 6.08. The van der Waals surface area contributed by atoms with Gasteiger partial charge in [-0.05, 0) is 32.3 Å². The molecule has 1 spiro atoms. The Bertz CT molecular complexity index is 555. The summed E-state index contributed by atoms with van der Waals surface area (Å²) in [5.41, 5.74) is 1.52. The van der Waals surface area contributed by atoms with Gasteiger partial charge >= 0.3 is 0 Å². The summed E-state index contributed by atoms with van der Waals surface area (Å²) in [7, 11) is 0. The van der Waals surface area contributed by atoms with E-state index in [0.717, 1.165) is 39.0 Å². The molecule has 22 heavy (non-hydrogen) atoms. The molecule has 2 aliphatic rings. The minimum absolute atomic E-state index is 0.106. The number of ether oxygens (including phenoxy) is 2. The van der Waals surface area contributed by atoms with Crippen LogP contribution in [0, 0.1) is 17.0 Å². The Kier molecular flexibility index (Phi) is 4.31. The third-order valence-electron chi connectivity index (χ3n) is 4.75. The summed E-state index contributed by atoms with van der Waals surface area (Å²) in [5, 5.41) is 11.4. The Morgan fingerprint density at radius 3 is 2.68 bits per heavy atom. The Labute approximate surface area is 130 Å². The van der Waals surface area contributed by atoms with Gasteiger partial charge in [0.05, 0.1) is 17.1 Å². The van der Waals surface area contributed by atoms with Crippen molar-refractivity contribution in [1.29, 1.82) is 0 Å². The normalized spacial score (nSPS) is 21.6. The molecule has 0 aliphatic carbocycles. The number of benzene rings is 1. The van der Waals surface area contributed by atoms with Crippen molar-refractivity contribution in [3.63, 3.8) is 0 Å². The fourth-order valence-corrected chi connectivity index (χ4v) is 3.41. The summed E-state index contributed by atoms with van der Waals surface area (Å²) in [4.78, 5) is 13.2. The molecule has 1 aromatic carbocycles. The third-order valence-corrected chi connectivity index (χ3v) is 4.75. The van der Waals surface area contributed by atoms with E-state index in [4.69, 9.17) is 9.47 Å². The van der Waals surface area contributed by atoms with E-state index >= 15 is 0 Å². The molecular formula is C16H22N2O4. The van der Waals surface area contributed by atoms with Crippen LogP contribution in [0.25, 0.3) is 0 Å². The average Bonchev–Trinajstić information content (AvgIpc) is 2.70. The van der Waals surface area contributed by atoms with Crippen molar-refractivity contribution in [3.05, 3.63) is 33.9 Å². The molecule has 2 fully saturated rings. The summed E-state index contributed by atoms with van der Waals surface area (Å²) >= 11 is 0. The van der Waals surface area contributed by atoms with Gasteiger partial charge in [-0.3, -0.25) is 10.1 Å². The van der Waals surface area contributed by atoms with E-state index in [1.165, 1.54) is 0 Å². The highest BCUT2D eigenvalue weighted by Gasteiger charge is 2.36. The van der Waals surface area contributed by atoms with E-state index in [1.807, 2.05) is 12.1 Å². The largest absolute Gasteiger partial charge is 0.381 e. The van der Waals surface area contributed by atoms with Gasteiger partial charge in [0.25, 0.3) is 5.69 Å². The first-order chi connectivity index (χ1) is 10.6. The van der Waals surface area contributed by atoms with E-state index in [2.05, 4.69) is 4.90 Å². The highest BCUT2D eigenvalue weighted by Crippen LogP contribution is 2.35. The van der Waals surface area contributed by atoms with Crippen LogP contribution < -0.4 is 4.90 Å². The van der Waals surface area contributed by atoms with Gasteiger partial charge in [-0.15, -0.1) is 0 Å². The molecule has 2 saturated heterocycles. The second kappa shape index (κ2) is 6.22. The molecule has 2 aliphatic heterocycles. The molecule has 3 rings (SSSR count). The molecule has 0 amide bonds. The average molecular weight is 306 g/mol. The lowest BCUT2D eigenvalue weighted by Crippen LogP contribution is -2.39. The van der Waals surface area contributed by atoms with Gasteiger partial charge < -0.3 is 14.4 Å². The molecule has 0 saturated carbocycles. The summed E-state index contributed by atoms with van der Waals surface area (Å²) in [5.74, 6) is 0. The number of aryl methyl sites for hydroxylation is 1. The Hall–Kier alpha value is -1.66. The Morgan fingerprint density at radius 1 is 1.18 bits per heavy atom. The van der Waals surface area contributed by atoms with E-state index in [-0.39, 0.29) is 16.2 Å². The summed E-state index contributed by atoms with van der Waals surface area (Å²) < 4.78 is 11.6. The van der Waals surface area contributed by atoms with Crippen LogP contribution in [0.4, 0.5) is 11.4 Å². The maximum absolute atomic E-state index is 11.4. The van der Waals surface area contributed by atoms with Crippen LogP contribution in [-0.2, 0) is 9.47 Å². The monoisotopic (exact) mass is 306 g/mol. The molecule has 6 heteroatoms. The molecule has 0 unspecified atom stereocenters. The van der Waals surface area contributed by atoms with Crippen molar-refractivity contribution in [2.45, 2.75) is 31.8 Å². The third kappa shape index (κ3) is 2.94. The predicted molar refractivity (Wildman–Crippen MR) is 83.4 cm³/mol. The number of para-hydroxylation sites is 1. The van der Waals surface area contributed by atoms with Gasteiger partial charge in [-0.25, -0.2) is 0 Å². The fourth-order valence-electron chi connectivity index (χ4n) is 3.41. The molecule has 120 valence electrons. The van der Waals surface area contributed by atoms with Gasteiger partial charge in [-0.1, -0.05) is 12.1 Å². The summed E-state index contributed by atoms with van der Waals surface area (Å²) in [6.45, 7) is 5.34. The van der Waals surface area contributed by atoms with Crippen molar-refractivity contribution in [1.82, 2.24) is 0 Å². The summed E-state index contributed by atoms with van der Waals surface area (Å²) in [6.07, 6.45) is 2.72. The highest BCUT2D eigenvalue weighted by atomic mass is 16.6. The van der Waals surface area contributed by atoms with Crippen molar-refractivity contribution in [3.8, 4) is 0 Å². The Balaban J connectivity index is 1.82. The zero-order valence-electron chi connectivity index (χ0n) is 12.9. The predicted octanol–water partition coefficient (Wildman–Crippen LogP) is 2.68. The van der Waals surface area contributed by atoms with E-state index < -0.39 is 0 Å². The Morgan fingerprint density at radius 2 is 1.95 bits per heavy atom. The minimum atomic E-state index is -0.277. The van der Waals surface area contributed by atoms with Crippen LogP contribution in [0.3, 0.4) is 0 Å². The molecule has 1 aromatic rings. The van der Waals surface area contributed by atoms with Gasteiger partial charge in [-0.2, -0.15) is 0 Å². The van der Waals surface area contributed by atoms with Crippen LogP contribution in [0.2, 0.25) is 0 Å². The number of hydrogen-bond donors (Lipinski definition) is 0. The number of anilines is 1. The van der Waals surface area contributed by atoms with Gasteiger partial charge in [0, 0.05) is 31.9 Å². The van der Waals surface area contributed by atoms with Crippen molar-refractivity contribution >= 4 is 11.4 Å². The first-order valence-corrected chi connectivity index (χ1v) is 7.82. The maximum Gasteiger partial charge on any atom is 0.295 e. The molecular weight excluding hydrogens is 284 g/mol. The molecule has 2 heterocycles. The number of nitro benzene ring substituents is 1. The SMILES string of the molecule is Cc1cccc(N2CCOC3(CCOCC3)CC2)c1[N+](=O)[O-]. The maximum atomic E-state index is 11.4. The lowest BCUT2D eigenvalue weighted by Gasteiger charge is -2.35. The van der Waals surface area contributed by atoms with Gasteiger partial charge in [0.15, 0.2) is 0 Å². The molecule has 0 bridgehead atoms. The van der Waals surface area contributed by atoms with Gasteiger partial charge in [0.2, 0.25) is 0 Å². The van der Waals surface area contributed by atoms with Crippen LogP contribution in [0.15, 0.2) is 18.2 Å².